The summed E-state index contributed by atoms with van der Waals surface area (Å²) in [6.07, 6.45) is 18.0. The Hall–Kier alpha value is -12.7. The molecule has 14 N–H and O–H groups in total. The van der Waals surface area contributed by atoms with Crippen LogP contribution in [0, 0.1) is 0 Å². The number of aliphatic hydroxyl groups excluding tert-OH is 5. The monoisotopic (exact) mass is 1550 g/mol. The summed E-state index contributed by atoms with van der Waals surface area (Å²) >= 11 is 6.09. The number of halogens is 1. The van der Waals surface area contributed by atoms with E-state index in [0.29, 0.717) is 104 Å². The van der Waals surface area contributed by atoms with Gasteiger partial charge in [0.2, 0.25) is 23.8 Å². The van der Waals surface area contributed by atoms with E-state index in [-0.39, 0.29) is 14.0 Å². The maximum Gasteiger partial charge on any atom is 0.231 e. The Morgan fingerprint density at radius 3 is 1.26 bits per heavy atom. The molecule has 21 rings (SSSR count). The predicted molar refractivity (Wildman–Crippen MR) is 434 cm³/mol. The molecule has 16 aromatic rings. The second-order valence-electron chi connectivity index (χ2n) is 28.2. The van der Waals surface area contributed by atoms with Crippen LogP contribution in [0.15, 0.2) is 171 Å². The van der Waals surface area contributed by atoms with E-state index in [0.717, 1.165) is 103 Å². The molecule has 0 amide bonds. The minimum Gasteiger partial charge on any atom is -0.394 e. The van der Waals surface area contributed by atoms with Crippen LogP contribution in [0.4, 0.5) is 64.0 Å². The standard InChI is InChI=1S/C23H25N7O4.C23H25N7O3.C18H17N7.C14H9ClN6.CH4/c31-10-16-18(32)19(33)22(34-16)30-11-25-17-20(26-13-4-1-5-13)28-23(29-21(17)30)27-14-6-7-15-12(9-14)3-2-8-24-15;31-11-18-17(32)10-19(33-18)30-12-25-20-21(26-14-4-1-5-14)28-23(29-22(20)30)27-15-6-7-16-13(9-15)3-2-8-24-16;1-4-12(5-1)22-17-15-16(21-10-20-15)24-18(25-17)23-13-6-7-14-11(9-13)3-2-8-19-14;15-12-11-13(18-7-17-11)21-14(20-12)19-9-3-4-10-8(6-9)2-1-5-16-10;/h2-3,6-9,11,13,16,18-19,22,31-33H,1,4-5,10H2,(H2,26,27,28,29);2-3,6-9,12,14,17-19,31-32H,1,4-5,10-11H2,(H2,26,27,28,29);2-3,6-10,12H,1,4-5H2,(H3,20,21,22,23,24,25);1-7H,(H2,17,18,19,20,21);1H4. The summed E-state index contributed by atoms with van der Waals surface area (Å²) in [6, 6.07) is 40.4. The molecule has 5 aliphatic rings. The van der Waals surface area contributed by atoms with Crippen molar-refractivity contribution in [1.82, 2.24) is 98.8 Å². The largest absolute Gasteiger partial charge is 0.394 e. The van der Waals surface area contributed by atoms with Gasteiger partial charge in [0, 0.05) is 93.6 Å². The molecule has 0 spiro atoms. The first-order chi connectivity index (χ1) is 55.4. The molecular formula is C79H80ClN27O7. The SMILES string of the molecule is C.Clc1nc(Nc2ccc3ncccc3c2)nc2nc[nH]c12.OCC1OC(n2cnc3c(NC4CCC4)nc(Nc4ccc5ncccc5c4)nc32)C(O)C1O.OCC1OC(n2cnc3c(NC4CCC4)nc(Nc4ccc5ncccc5c4)nc32)CC1O.c1cnc2ccc(Nc3nc(NC4CCC4)c4[nH]cnc4n3)cc2c1. The number of fused-ring (bicyclic) bond motifs is 8. The van der Waals surface area contributed by atoms with Crippen molar-refractivity contribution in [3.05, 3.63) is 177 Å². The van der Waals surface area contributed by atoms with E-state index >= 15 is 0 Å². The van der Waals surface area contributed by atoms with Crippen molar-refractivity contribution in [2.24, 2.45) is 0 Å². The molecule has 5 fully saturated rings. The number of benzene rings is 4. The number of anilines is 11. The molecular weight excluding hydrogens is 1470 g/mol. The van der Waals surface area contributed by atoms with Crippen molar-refractivity contribution in [3.8, 4) is 0 Å². The number of imidazole rings is 4. The van der Waals surface area contributed by atoms with Gasteiger partial charge in [0.05, 0.1) is 66.7 Å². The van der Waals surface area contributed by atoms with E-state index in [2.05, 4.69) is 117 Å². The number of aromatic nitrogens is 20. The van der Waals surface area contributed by atoms with Gasteiger partial charge in [-0.1, -0.05) is 43.3 Å². The summed E-state index contributed by atoms with van der Waals surface area (Å²) in [6.45, 7) is -0.647. The van der Waals surface area contributed by atoms with Crippen LogP contribution >= 0.6 is 11.6 Å². The fraction of sp³-hybridized carbons (Fsp3) is 0.291. The molecule has 35 heteroatoms. The third-order valence-electron chi connectivity index (χ3n) is 20.6. The zero-order chi connectivity index (χ0) is 76.5. The first-order valence-electron chi connectivity index (χ1n) is 37.3. The van der Waals surface area contributed by atoms with Gasteiger partial charge in [-0.2, -0.15) is 39.9 Å². The van der Waals surface area contributed by atoms with Crippen molar-refractivity contribution < 1.29 is 35.0 Å². The average molecular weight is 1560 g/mol. The predicted octanol–water partition coefficient (Wildman–Crippen LogP) is 12.0. The Balaban J connectivity index is 0.000000111. The Bertz CT molecular complexity index is 6120. The lowest BCUT2D eigenvalue weighted by Crippen LogP contribution is -2.33. The third-order valence-corrected chi connectivity index (χ3v) is 20.9. The highest BCUT2D eigenvalue weighted by Crippen LogP contribution is 2.38. The smallest absolute Gasteiger partial charge is 0.231 e. The maximum absolute atomic E-state index is 10.5. The van der Waals surface area contributed by atoms with Gasteiger partial charge in [-0.05, 0) is 155 Å². The number of nitrogens with one attached hydrogen (secondary N) is 9. The van der Waals surface area contributed by atoms with E-state index in [4.69, 9.17) is 31.0 Å². The van der Waals surface area contributed by atoms with E-state index in [1.807, 2.05) is 121 Å². The number of hydrogen-bond acceptors (Lipinski definition) is 30. The van der Waals surface area contributed by atoms with Gasteiger partial charge in [0.1, 0.15) is 41.7 Å². The summed E-state index contributed by atoms with van der Waals surface area (Å²) < 4.78 is 14.9. The fourth-order valence-electron chi connectivity index (χ4n) is 13.9. The molecule has 7 unspecified atom stereocenters. The number of aromatic amines is 2. The third kappa shape index (κ3) is 15.7. The normalized spacial score (nSPS) is 19.4. The summed E-state index contributed by atoms with van der Waals surface area (Å²) in [7, 11) is 0. The zero-order valence-corrected chi connectivity index (χ0v) is 61.2. The topological polar surface area (TPSA) is 451 Å². The minimum atomic E-state index is -1.24. The lowest BCUT2D eigenvalue weighted by molar-refractivity contribution is -0.0511. The summed E-state index contributed by atoms with van der Waals surface area (Å²) in [5, 5.41) is 77.8. The molecule has 7 atom stereocenters. The molecule has 2 saturated heterocycles. The number of pyridine rings is 4. The van der Waals surface area contributed by atoms with E-state index < -0.39 is 49.6 Å². The zero-order valence-electron chi connectivity index (χ0n) is 60.4. The molecule has 0 radical (unpaired) electrons. The van der Waals surface area contributed by atoms with Crippen molar-refractivity contribution >= 4 is 164 Å². The first-order valence-corrected chi connectivity index (χ1v) is 37.7. The number of hydrogen-bond donors (Lipinski definition) is 14. The summed E-state index contributed by atoms with van der Waals surface area (Å²) in [5.74, 6) is 3.79. The van der Waals surface area contributed by atoms with Crippen molar-refractivity contribution in [2.45, 2.75) is 133 Å². The lowest BCUT2D eigenvalue weighted by atomic mass is 9.93. The van der Waals surface area contributed by atoms with E-state index in [1.54, 1.807) is 46.6 Å². The lowest BCUT2D eigenvalue weighted by Gasteiger charge is -2.27. The van der Waals surface area contributed by atoms with Crippen LogP contribution in [0.25, 0.3) is 88.3 Å². The number of H-pyrrole nitrogens is 2. The van der Waals surface area contributed by atoms with Gasteiger partial charge in [0.15, 0.2) is 62.5 Å². The molecule has 34 nitrogen and oxygen atoms in total. The highest BCUT2D eigenvalue weighted by Gasteiger charge is 2.44. The van der Waals surface area contributed by atoms with Crippen LogP contribution in [0.3, 0.4) is 0 Å². The van der Waals surface area contributed by atoms with Crippen LogP contribution in [0.1, 0.15) is 84.1 Å². The van der Waals surface area contributed by atoms with Crippen LogP contribution in [0.5, 0.6) is 0 Å². The fourth-order valence-corrected chi connectivity index (χ4v) is 14.1. The van der Waals surface area contributed by atoms with Gasteiger partial charge in [-0.15, -0.1) is 0 Å². The number of aliphatic hydroxyl groups is 5. The molecule has 114 heavy (non-hydrogen) atoms. The van der Waals surface area contributed by atoms with Crippen LogP contribution in [-0.4, -0.2) is 186 Å². The highest BCUT2D eigenvalue weighted by molar-refractivity contribution is 6.33. The molecule has 2 aliphatic heterocycles. The van der Waals surface area contributed by atoms with E-state index in [9.17, 15) is 25.5 Å². The van der Waals surface area contributed by atoms with Gasteiger partial charge in [-0.3, -0.25) is 29.1 Å². The van der Waals surface area contributed by atoms with Gasteiger partial charge in [-0.25, -0.2) is 19.9 Å². The van der Waals surface area contributed by atoms with Crippen LogP contribution in [-0.2, 0) is 9.47 Å². The first kappa shape index (κ1) is 74.1. The molecule has 14 heterocycles. The second kappa shape index (κ2) is 32.6. The van der Waals surface area contributed by atoms with Crippen LogP contribution < -0.4 is 37.2 Å². The minimum absolute atomic E-state index is 0. The Morgan fingerprint density at radius 2 is 0.833 bits per heavy atom. The number of ether oxygens (including phenoxy) is 2. The number of rotatable bonds is 18. The van der Waals surface area contributed by atoms with E-state index in [1.165, 1.54) is 44.8 Å². The van der Waals surface area contributed by atoms with Crippen molar-refractivity contribution in [3.63, 3.8) is 0 Å². The van der Waals surface area contributed by atoms with Crippen molar-refractivity contribution in [2.75, 3.05) is 50.4 Å². The molecule has 4 aromatic carbocycles. The maximum atomic E-state index is 10.5. The average Bonchev–Trinajstić information content (AvgIpc) is 1.61. The molecule has 0 bridgehead atoms. The van der Waals surface area contributed by atoms with Crippen LogP contribution in [0.2, 0.25) is 5.15 Å². The number of nitrogens with zero attached hydrogens (tertiary/aromatic N) is 18. The molecule has 580 valence electrons. The van der Waals surface area contributed by atoms with Crippen molar-refractivity contribution in [1.29, 1.82) is 0 Å². The van der Waals surface area contributed by atoms with Gasteiger partial charge < -0.3 is 82.2 Å². The Labute approximate surface area is 654 Å². The van der Waals surface area contributed by atoms with Gasteiger partial charge >= 0.3 is 0 Å². The second-order valence-corrected chi connectivity index (χ2v) is 28.5. The molecule has 3 saturated carbocycles. The quantitative estimate of drug-likeness (QED) is 0.0355. The highest BCUT2D eigenvalue weighted by atomic mass is 35.5. The van der Waals surface area contributed by atoms with Gasteiger partial charge in [0.25, 0.3) is 0 Å². The molecule has 12 aromatic heterocycles. The molecule has 3 aliphatic carbocycles. The Kier molecular flexibility index (Phi) is 21.2. The Morgan fingerprint density at radius 1 is 0.430 bits per heavy atom. The summed E-state index contributed by atoms with van der Waals surface area (Å²) in [4.78, 5) is 77.3. The summed E-state index contributed by atoms with van der Waals surface area (Å²) in [5.41, 5.74) is 12.0.